The smallest absolute Gasteiger partial charge is 0.338 e. The number of aromatic nitrogens is 4. The average Bonchev–Trinajstić information content (AvgIpc) is 3.06. The van der Waals surface area contributed by atoms with Crippen LogP contribution in [0.5, 0.6) is 0 Å². The lowest BCUT2D eigenvalue weighted by Gasteiger charge is -2.29. The summed E-state index contributed by atoms with van der Waals surface area (Å²) in [6.07, 6.45) is 0. The Labute approximate surface area is 157 Å². The van der Waals surface area contributed by atoms with Gasteiger partial charge in [0.25, 0.3) is 0 Å². The highest BCUT2D eigenvalue weighted by atomic mass is 16.6. The molecule has 27 heavy (non-hydrogen) atoms. The number of fused-ring (bicyclic) bond motifs is 2. The predicted octanol–water partition coefficient (Wildman–Crippen LogP) is 3.46. The first-order valence-corrected chi connectivity index (χ1v) is 8.81. The minimum atomic E-state index is -0.598. The SMILES string of the molecule is CC1=C(C(=O)OC(C)(C)C)C(c2ccc3ccccc3c2)n2nnnc2N1. The lowest BCUT2D eigenvalue weighted by atomic mass is 9.93. The monoisotopic (exact) mass is 363 g/mol. The molecule has 1 atom stereocenters. The summed E-state index contributed by atoms with van der Waals surface area (Å²) in [5, 5.41) is 17.2. The number of allylic oxidation sites excluding steroid dienone is 1. The second-order valence-electron chi connectivity index (χ2n) is 7.62. The molecule has 7 nitrogen and oxygen atoms in total. The van der Waals surface area contributed by atoms with Gasteiger partial charge in [0.15, 0.2) is 0 Å². The van der Waals surface area contributed by atoms with E-state index in [4.69, 9.17) is 4.74 Å². The molecule has 0 fully saturated rings. The van der Waals surface area contributed by atoms with Crippen molar-refractivity contribution >= 4 is 22.7 Å². The number of carbonyl (C=O) groups excluding carboxylic acids is 1. The molecule has 0 aliphatic carbocycles. The maximum atomic E-state index is 13.0. The van der Waals surface area contributed by atoms with E-state index >= 15 is 0 Å². The number of anilines is 1. The summed E-state index contributed by atoms with van der Waals surface area (Å²) < 4.78 is 7.28. The van der Waals surface area contributed by atoms with Gasteiger partial charge in [0, 0.05) is 5.70 Å². The first-order valence-electron chi connectivity index (χ1n) is 8.81. The summed E-state index contributed by atoms with van der Waals surface area (Å²) >= 11 is 0. The number of nitrogens with one attached hydrogen (secondary N) is 1. The molecule has 7 heteroatoms. The van der Waals surface area contributed by atoms with E-state index in [0.29, 0.717) is 17.2 Å². The molecule has 3 aromatic rings. The van der Waals surface area contributed by atoms with Gasteiger partial charge in [-0.1, -0.05) is 41.5 Å². The van der Waals surface area contributed by atoms with Gasteiger partial charge in [-0.05, 0) is 60.5 Å². The molecule has 0 spiro atoms. The Morgan fingerprint density at radius 1 is 1.15 bits per heavy atom. The standard InChI is InChI=1S/C20H21N5O2/c1-12-16(18(26)27-20(2,3)4)17(25-19(21-12)22-23-24-25)15-10-9-13-7-5-6-8-14(13)11-15/h5-11,17H,1-4H3,(H,21,22,24). The van der Waals surface area contributed by atoms with Crippen LogP contribution in [-0.2, 0) is 9.53 Å². The van der Waals surface area contributed by atoms with E-state index in [2.05, 4.69) is 33.0 Å². The second-order valence-corrected chi connectivity index (χ2v) is 7.62. The Kier molecular flexibility index (Phi) is 3.95. The van der Waals surface area contributed by atoms with E-state index in [0.717, 1.165) is 16.3 Å². The van der Waals surface area contributed by atoms with Crippen molar-refractivity contribution in [2.75, 3.05) is 5.32 Å². The van der Waals surface area contributed by atoms with Crippen LogP contribution >= 0.6 is 0 Å². The highest BCUT2D eigenvalue weighted by Crippen LogP contribution is 2.36. The molecule has 1 unspecified atom stereocenters. The molecular weight excluding hydrogens is 342 g/mol. The van der Waals surface area contributed by atoms with Crippen molar-refractivity contribution < 1.29 is 9.53 Å². The summed E-state index contributed by atoms with van der Waals surface area (Å²) in [6, 6.07) is 13.7. The summed E-state index contributed by atoms with van der Waals surface area (Å²) in [5.41, 5.74) is 1.51. The molecule has 0 saturated heterocycles. The van der Waals surface area contributed by atoms with Gasteiger partial charge in [-0.2, -0.15) is 4.68 Å². The van der Waals surface area contributed by atoms with Crippen LogP contribution in [-0.4, -0.2) is 31.8 Å². The molecule has 0 bridgehead atoms. The first kappa shape index (κ1) is 17.2. The van der Waals surface area contributed by atoms with Crippen LogP contribution in [0.15, 0.2) is 53.7 Å². The zero-order valence-corrected chi connectivity index (χ0v) is 15.7. The number of rotatable bonds is 2. The van der Waals surface area contributed by atoms with E-state index in [-0.39, 0.29) is 5.97 Å². The number of hydrogen-bond donors (Lipinski definition) is 1. The minimum absolute atomic E-state index is 0.383. The van der Waals surface area contributed by atoms with Gasteiger partial charge in [0.1, 0.15) is 11.6 Å². The topological polar surface area (TPSA) is 81.9 Å². The van der Waals surface area contributed by atoms with Crippen LogP contribution in [0.4, 0.5) is 5.95 Å². The summed E-state index contributed by atoms with van der Waals surface area (Å²) in [4.78, 5) is 13.0. The van der Waals surface area contributed by atoms with Crippen molar-refractivity contribution in [2.24, 2.45) is 0 Å². The van der Waals surface area contributed by atoms with Crippen molar-refractivity contribution in [3.63, 3.8) is 0 Å². The van der Waals surface area contributed by atoms with Gasteiger partial charge in [-0.15, -0.1) is 0 Å². The third kappa shape index (κ3) is 3.16. The molecule has 0 saturated carbocycles. The van der Waals surface area contributed by atoms with E-state index in [1.54, 1.807) is 4.68 Å². The molecule has 138 valence electrons. The summed E-state index contributed by atoms with van der Waals surface area (Å²) in [5.74, 6) is 0.116. The highest BCUT2D eigenvalue weighted by molar-refractivity contribution is 5.93. The van der Waals surface area contributed by atoms with Gasteiger partial charge in [0.05, 0.1) is 5.57 Å². The van der Waals surface area contributed by atoms with Crippen molar-refractivity contribution in [3.05, 3.63) is 59.3 Å². The summed E-state index contributed by atoms with van der Waals surface area (Å²) in [6.45, 7) is 7.39. The molecule has 4 rings (SSSR count). The molecule has 1 aromatic heterocycles. The molecular formula is C20H21N5O2. The Balaban J connectivity index is 1.86. The van der Waals surface area contributed by atoms with Crippen LogP contribution in [0, 0.1) is 0 Å². The van der Waals surface area contributed by atoms with Gasteiger partial charge in [-0.25, -0.2) is 4.79 Å². The second kappa shape index (κ2) is 6.19. The quantitative estimate of drug-likeness (QED) is 0.702. The van der Waals surface area contributed by atoms with Gasteiger partial charge in [0.2, 0.25) is 5.95 Å². The van der Waals surface area contributed by atoms with Crippen LogP contribution in [0.25, 0.3) is 10.8 Å². The van der Waals surface area contributed by atoms with Crippen LogP contribution in [0.2, 0.25) is 0 Å². The van der Waals surface area contributed by atoms with Gasteiger partial charge in [-0.3, -0.25) is 0 Å². The predicted molar refractivity (Wildman–Crippen MR) is 102 cm³/mol. The number of esters is 1. The zero-order valence-electron chi connectivity index (χ0n) is 15.7. The van der Waals surface area contributed by atoms with Crippen LogP contribution in [0.3, 0.4) is 0 Å². The van der Waals surface area contributed by atoms with E-state index in [9.17, 15) is 4.79 Å². The lowest BCUT2D eigenvalue weighted by molar-refractivity contribution is -0.150. The third-order valence-corrected chi connectivity index (χ3v) is 4.42. The number of carbonyl (C=O) groups is 1. The Morgan fingerprint density at radius 2 is 1.89 bits per heavy atom. The Bertz CT molecular complexity index is 1060. The molecule has 2 heterocycles. The molecule has 0 radical (unpaired) electrons. The zero-order chi connectivity index (χ0) is 19.2. The van der Waals surface area contributed by atoms with Crippen molar-refractivity contribution in [2.45, 2.75) is 39.3 Å². The van der Waals surface area contributed by atoms with Crippen LogP contribution < -0.4 is 5.32 Å². The van der Waals surface area contributed by atoms with Gasteiger partial charge < -0.3 is 10.1 Å². The molecule has 2 aromatic carbocycles. The summed E-state index contributed by atoms with van der Waals surface area (Å²) in [7, 11) is 0. The molecule has 0 amide bonds. The third-order valence-electron chi connectivity index (χ3n) is 4.42. The Hall–Kier alpha value is -3.22. The van der Waals surface area contributed by atoms with E-state index < -0.39 is 11.6 Å². The number of hydrogen-bond acceptors (Lipinski definition) is 6. The first-order chi connectivity index (χ1) is 12.8. The highest BCUT2D eigenvalue weighted by Gasteiger charge is 2.36. The molecule has 1 N–H and O–H groups in total. The number of ether oxygens (including phenoxy) is 1. The number of nitrogens with zero attached hydrogens (tertiary/aromatic N) is 4. The maximum Gasteiger partial charge on any atom is 0.338 e. The van der Waals surface area contributed by atoms with Crippen molar-refractivity contribution in [1.82, 2.24) is 20.2 Å². The number of tetrazole rings is 1. The number of benzene rings is 2. The van der Waals surface area contributed by atoms with Crippen molar-refractivity contribution in [3.8, 4) is 0 Å². The lowest BCUT2D eigenvalue weighted by Crippen LogP contribution is -2.33. The van der Waals surface area contributed by atoms with E-state index in [1.165, 1.54) is 0 Å². The molecule has 1 aliphatic rings. The fourth-order valence-electron chi connectivity index (χ4n) is 3.30. The maximum absolute atomic E-state index is 13.0. The normalized spacial score (nSPS) is 16.8. The van der Waals surface area contributed by atoms with E-state index in [1.807, 2.05) is 58.0 Å². The van der Waals surface area contributed by atoms with Crippen LogP contribution in [0.1, 0.15) is 39.3 Å². The van der Waals surface area contributed by atoms with Gasteiger partial charge >= 0.3 is 5.97 Å². The Morgan fingerprint density at radius 3 is 2.63 bits per heavy atom. The minimum Gasteiger partial charge on any atom is -0.456 e. The fraction of sp³-hybridized carbons (Fsp3) is 0.300. The van der Waals surface area contributed by atoms with Crippen molar-refractivity contribution in [1.29, 1.82) is 0 Å². The largest absolute Gasteiger partial charge is 0.456 e. The molecule has 1 aliphatic heterocycles. The average molecular weight is 363 g/mol. The fourth-order valence-corrected chi connectivity index (χ4v) is 3.30.